The molecule has 0 radical (unpaired) electrons. The first-order valence-electron chi connectivity index (χ1n) is 15.3. The minimum atomic E-state index is -0.697. The van der Waals surface area contributed by atoms with Crippen molar-refractivity contribution in [1.82, 2.24) is 10.6 Å². The van der Waals surface area contributed by atoms with Gasteiger partial charge < -0.3 is 19.9 Å². The first-order valence-corrected chi connectivity index (χ1v) is 15.3. The maximum absolute atomic E-state index is 13.7. The van der Waals surface area contributed by atoms with Crippen LogP contribution in [0.1, 0.15) is 103 Å². The molecular formula is C32H49BN2O5. The van der Waals surface area contributed by atoms with Gasteiger partial charge in [-0.25, -0.2) is 0 Å². The van der Waals surface area contributed by atoms with E-state index in [1.54, 1.807) is 0 Å². The molecule has 0 aromatic heterocycles. The van der Waals surface area contributed by atoms with Crippen LogP contribution < -0.4 is 10.6 Å². The van der Waals surface area contributed by atoms with Crippen molar-refractivity contribution in [1.29, 1.82) is 0 Å². The molecule has 1 aromatic rings. The van der Waals surface area contributed by atoms with Gasteiger partial charge >= 0.3 is 7.12 Å². The molecule has 40 heavy (non-hydrogen) atoms. The molecule has 2 N–H and O–H groups in total. The molecule has 2 amide bonds. The molecule has 0 unspecified atom stereocenters. The van der Waals surface area contributed by atoms with Crippen LogP contribution in [-0.2, 0) is 25.3 Å². The number of unbranched alkanes of at least 4 members (excludes halogenated alkanes) is 1. The number of Topliss-reactive ketones (excluding diaryl/α,β-unsaturated/α-hetero) is 1. The molecule has 3 aliphatic carbocycles. The highest BCUT2D eigenvalue weighted by atomic mass is 16.7. The van der Waals surface area contributed by atoms with Gasteiger partial charge in [-0.2, -0.15) is 0 Å². The summed E-state index contributed by atoms with van der Waals surface area (Å²) in [5.74, 6) is -0.261. The lowest BCUT2D eigenvalue weighted by Gasteiger charge is -2.64. The Morgan fingerprint density at radius 3 is 2.40 bits per heavy atom. The van der Waals surface area contributed by atoms with Crippen LogP contribution >= 0.6 is 0 Å². The number of amides is 2. The summed E-state index contributed by atoms with van der Waals surface area (Å²) in [6.07, 6.45) is 6.09. The van der Waals surface area contributed by atoms with Gasteiger partial charge in [0.25, 0.3) is 0 Å². The molecule has 2 bridgehead atoms. The summed E-state index contributed by atoms with van der Waals surface area (Å²) in [6.45, 7) is 14.8. The molecule has 3 saturated carbocycles. The lowest BCUT2D eigenvalue weighted by molar-refractivity contribution is -0.199. The maximum Gasteiger partial charge on any atom is 0.481 e. The highest BCUT2D eigenvalue weighted by Gasteiger charge is 2.68. The summed E-state index contributed by atoms with van der Waals surface area (Å²) in [5, 5.41) is 5.94. The number of rotatable bonds is 13. The van der Waals surface area contributed by atoms with E-state index in [4.69, 9.17) is 9.31 Å². The van der Waals surface area contributed by atoms with E-state index in [0.717, 1.165) is 32.1 Å². The molecule has 1 aliphatic heterocycles. The third kappa shape index (κ3) is 6.49. The Labute approximate surface area is 241 Å². The number of aryl methyl sites for hydroxylation is 1. The zero-order valence-corrected chi connectivity index (χ0v) is 25.5. The van der Waals surface area contributed by atoms with Gasteiger partial charge in [-0.1, -0.05) is 65.3 Å². The van der Waals surface area contributed by atoms with E-state index in [1.807, 2.05) is 24.3 Å². The van der Waals surface area contributed by atoms with Crippen molar-refractivity contribution in [3.63, 3.8) is 0 Å². The van der Waals surface area contributed by atoms with Crippen LogP contribution in [0.2, 0.25) is 0 Å². The molecule has 1 aromatic carbocycles. The van der Waals surface area contributed by atoms with E-state index in [0.29, 0.717) is 29.7 Å². The van der Waals surface area contributed by atoms with E-state index in [-0.39, 0.29) is 53.6 Å². The van der Waals surface area contributed by atoms with Crippen molar-refractivity contribution in [2.75, 3.05) is 6.54 Å². The van der Waals surface area contributed by atoms with E-state index in [2.05, 4.69) is 52.2 Å². The van der Waals surface area contributed by atoms with Crippen molar-refractivity contribution in [3.8, 4) is 0 Å². The first-order chi connectivity index (χ1) is 18.8. The van der Waals surface area contributed by atoms with Gasteiger partial charge in [0.15, 0.2) is 5.78 Å². The van der Waals surface area contributed by atoms with Gasteiger partial charge in [0.2, 0.25) is 11.8 Å². The largest absolute Gasteiger partial charge is 0.481 e. The number of carbonyl (C=O) groups excluding carboxylic acids is 3. The van der Waals surface area contributed by atoms with Crippen molar-refractivity contribution in [3.05, 3.63) is 35.4 Å². The molecule has 5 rings (SSSR count). The van der Waals surface area contributed by atoms with Crippen LogP contribution in [0.5, 0.6) is 0 Å². The normalized spacial score (nSPS) is 27.9. The molecule has 1 saturated heterocycles. The van der Waals surface area contributed by atoms with Gasteiger partial charge in [0.05, 0.1) is 23.6 Å². The van der Waals surface area contributed by atoms with E-state index >= 15 is 0 Å². The SMILES string of the molecule is CCCCc1ccc(C(=O)C[C@@H](CNC(C)=O)C(=O)N[C@@H](CC(C)C)B2O[C@@H]3C[C@H]4C[C@H](C4(C)C)[C@]3(C)O2)cc1. The van der Waals surface area contributed by atoms with Crippen molar-refractivity contribution in [2.45, 2.75) is 111 Å². The summed E-state index contributed by atoms with van der Waals surface area (Å²) in [4.78, 5) is 38.6. The monoisotopic (exact) mass is 552 g/mol. The second-order valence-corrected chi connectivity index (χ2v) is 13.6. The van der Waals surface area contributed by atoms with Crippen LogP contribution in [0.3, 0.4) is 0 Å². The van der Waals surface area contributed by atoms with E-state index in [1.165, 1.54) is 12.5 Å². The Hall–Kier alpha value is -2.19. The Morgan fingerprint density at radius 2 is 1.80 bits per heavy atom. The quantitative estimate of drug-likeness (QED) is 0.261. The fourth-order valence-corrected chi connectivity index (χ4v) is 7.22. The van der Waals surface area contributed by atoms with Gasteiger partial charge in [-0.15, -0.1) is 0 Å². The molecule has 4 fully saturated rings. The number of benzene rings is 1. The second kappa shape index (κ2) is 12.4. The molecule has 220 valence electrons. The van der Waals surface area contributed by atoms with Gasteiger partial charge in [-0.05, 0) is 67.8 Å². The fraction of sp³-hybridized carbons (Fsp3) is 0.719. The highest BCUT2D eigenvalue weighted by molar-refractivity contribution is 6.47. The Balaban J connectivity index is 1.46. The predicted molar refractivity (Wildman–Crippen MR) is 158 cm³/mol. The number of hydrogen-bond donors (Lipinski definition) is 2. The third-order valence-corrected chi connectivity index (χ3v) is 9.85. The Bertz CT molecular complexity index is 1070. The van der Waals surface area contributed by atoms with Gasteiger partial charge in [0.1, 0.15) is 0 Å². The zero-order valence-electron chi connectivity index (χ0n) is 25.5. The standard InChI is InChI=1S/C32H49BN2O5/c1-8-9-10-22-11-13-23(14-12-22)26(37)16-24(19-34-21(4)36)30(38)35-29(15-20(2)3)33-39-28-18-25-17-27(31(25,5)6)32(28,7)40-33/h11-14,20,24-25,27-29H,8-10,15-19H2,1-7H3,(H,34,36)(H,35,38)/t24-,25+,27+,28+,29-,32-/m0/s1. The molecular weight excluding hydrogens is 503 g/mol. The molecule has 7 nitrogen and oxygen atoms in total. The van der Waals surface area contributed by atoms with Crippen molar-refractivity contribution in [2.24, 2.45) is 29.1 Å². The summed E-state index contributed by atoms with van der Waals surface area (Å²) < 4.78 is 13.2. The summed E-state index contributed by atoms with van der Waals surface area (Å²) in [5.41, 5.74) is 1.66. The van der Waals surface area contributed by atoms with Gasteiger partial charge in [0, 0.05) is 25.5 Å². The minimum Gasteiger partial charge on any atom is -0.404 e. The molecule has 0 spiro atoms. The van der Waals surface area contributed by atoms with Crippen molar-refractivity contribution < 1.29 is 23.7 Å². The van der Waals surface area contributed by atoms with E-state index < -0.39 is 13.0 Å². The summed E-state index contributed by atoms with van der Waals surface area (Å²) in [7, 11) is -0.538. The van der Waals surface area contributed by atoms with Crippen LogP contribution in [0.4, 0.5) is 0 Å². The average Bonchev–Trinajstić information content (AvgIpc) is 3.26. The van der Waals surface area contributed by atoms with E-state index in [9.17, 15) is 14.4 Å². The van der Waals surface area contributed by atoms with Crippen LogP contribution in [0.25, 0.3) is 0 Å². The number of nitrogens with one attached hydrogen (secondary N) is 2. The molecule has 6 atom stereocenters. The summed E-state index contributed by atoms with van der Waals surface area (Å²) >= 11 is 0. The Kier molecular flexibility index (Phi) is 9.51. The average molecular weight is 553 g/mol. The second-order valence-electron chi connectivity index (χ2n) is 13.6. The number of carbonyl (C=O) groups is 3. The van der Waals surface area contributed by atoms with Crippen LogP contribution in [0.15, 0.2) is 24.3 Å². The summed E-state index contributed by atoms with van der Waals surface area (Å²) in [6, 6.07) is 7.67. The first kappa shape index (κ1) is 30.8. The lowest BCUT2D eigenvalue weighted by Crippen LogP contribution is -2.65. The molecule has 8 heteroatoms. The lowest BCUT2D eigenvalue weighted by atomic mass is 9.43. The third-order valence-electron chi connectivity index (χ3n) is 9.85. The minimum absolute atomic E-state index is 0.0134. The van der Waals surface area contributed by atoms with Gasteiger partial charge in [-0.3, -0.25) is 14.4 Å². The maximum atomic E-state index is 13.7. The topological polar surface area (TPSA) is 93.7 Å². The van der Waals surface area contributed by atoms with Crippen LogP contribution in [0, 0.1) is 29.1 Å². The smallest absolute Gasteiger partial charge is 0.404 e. The predicted octanol–water partition coefficient (Wildman–Crippen LogP) is 5.15. The van der Waals surface area contributed by atoms with Crippen molar-refractivity contribution >= 4 is 24.7 Å². The molecule has 1 heterocycles. The molecule has 4 aliphatic rings. The number of ketones is 1. The van der Waals surface area contributed by atoms with Crippen LogP contribution in [-0.4, -0.2) is 48.9 Å². The zero-order chi connectivity index (χ0) is 29.2. The highest BCUT2D eigenvalue weighted by Crippen LogP contribution is 2.65. The fourth-order valence-electron chi connectivity index (χ4n) is 7.22. The number of hydrogen-bond acceptors (Lipinski definition) is 5. The Morgan fingerprint density at radius 1 is 1.10 bits per heavy atom.